The number of aliphatic carboxylic acids is 1. The lowest BCUT2D eigenvalue weighted by molar-refractivity contribution is -0.144. The van der Waals surface area contributed by atoms with E-state index in [-0.39, 0.29) is 17.9 Å². The van der Waals surface area contributed by atoms with Gasteiger partial charge in [-0.05, 0) is 25.7 Å². The Kier molecular flexibility index (Phi) is 5.68. The van der Waals surface area contributed by atoms with Crippen molar-refractivity contribution in [2.75, 3.05) is 13.1 Å². The fraction of sp³-hybridized carbons (Fsp3) is 0.692. The van der Waals surface area contributed by atoms with Crippen LogP contribution in [0.2, 0.25) is 0 Å². The van der Waals surface area contributed by atoms with Crippen molar-refractivity contribution in [3.05, 3.63) is 12.2 Å². The number of nitrogens with one attached hydrogen (secondary N) is 2. The zero-order valence-electron chi connectivity index (χ0n) is 10.9. The van der Waals surface area contributed by atoms with Gasteiger partial charge in [-0.15, -0.1) is 0 Å². The number of carbonyl (C=O) groups is 2. The summed E-state index contributed by atoms with van der Waals surface area (Å²) in [6, 6.07) is -0.257. The van der Waals surface area contributed by atoms with E-state index in [2.05, 4.69) is 17.2 Å². The Hall–Kier alpha value is -1.52. The van der Waals surface area contributed by atoms with Crippen molar-refractivity contribution < 1.29 is 14.7 Å². The molecule has 1 aliphatic rings. The molecule has 0 saturated heterocycles. The van der Waals surface area contributed by atoms with Crippen LogP contribution in [0.3, 0.4) is 0 Å². The number of carboxylic acid groups (broad SMARTS) is 1. The van der Waals surface area contributed by atoms with E-state index in [0.717, 1.165) is 31.3 Å². The van der Waals surface area contributed by atoms with E-state index in [9.17, 15) is 9.59 Å². The number of rotatable bonds is 5. The third-order valence-corrected chi connectivity index (χ3v) is 3.30. The SMILES string of the molecule is C=C(C)CNC(=O)NCC1CCCCC1C(=O)O. The molecule has 0 aromatic heterocycles. The number of carboxylic acids is 1. The molecule has 18 heavy (non-hydrogen) atoms. The standard InChI is InChI=1S/C13H22N2O3/c1-9(2)7-14-13(18)15-8-10-5-3-4-6-11(10)12(16)17/h10-11H,1,3-8H2,2H3,(H,16,17)(H2,14,15,18). The van der Waals surface area contributed by atoms with E-state index < -0.39 is 5.97 Å². The van der Waals surface area contributed by atoms with Crippen molar-refractivity contribution in [3.8, 4) is 0 Å². The van der Waals surface area contributed by atoms with Crippen LogP contribution in [-0.4, -0.2) is 30.2 Å². The van der Waals surface area contributed by atoms with Gasteiger partial charge in [0.25, 0.3) is 0 Å². The van der Waals surface area contributed by atoms with Crippen LogP contribution >= 0.6 is 0 Å². The molecular formula is C13H22N2O3. The highest BCUT2D eigenvalue weighted by molar-refractivity contribution is 5.74. The molecule has 0 spiro atoms. The first-order valence-electron chi connectivity index (χ1n) is 6.39. The highest BCUT2D eigenvalue weighted by Crippen LogP contribution is 2.29. The molecule has 1 saturated carbocycles. The average molecular weight is 254 g/mol. The molecule has 0 aromatic rings. The largest absolute Gasteiger partial charge is 0.481 e. The van der Waals surface area contributed by atoms with Crippen LogP contribution in [0.25, 0.3) is 0 Å². The number of hydrogen-bond acceptors (Lipinski definition) is 2. The summed E-state index contributed by atoms with van der Waals surface area (Å²) in [7, 11) is 0. The quantitative estimate of drug-likeness (QED) is 0.654. The lowest BCUT2D eigenvalue weighted by Gasteiger charge is -2.28. The predicted molar refractivity (Wildman–Crippen MR) is 69.3 cm³/mol. The van der Waals surface area contributed by atoms with Crippen LogP contribution in [0.5, 0.6) is 0 Å². The Bertz CT molecular complexity index is 328. The highest BCUT2D eigenvalue weighted by Gasteiger charge is 2.30. The second-order valence-corrected chi connectivity index (χ2v) is 5.01. The van der Waals surface area contributed by atoms with E-state index in [1.54, 1.807) is 0 Å². The monoisotopic (exact) mass is 254 g/mol. The summed E-state index contributed by atoms with van der Waals surface area (Å²) >= 11 is 0. The Morgan fingerprint density at radius 3 is 2.56 bits per heavy atom. The maximum absolute atomic E-state index is 11.5. The van der Waals surface area contributed by atoms with Crippen LogP contribution in [-0.2, 0) is 4.79 Å². The van der Waals surface area contributed by atoms with Gasteiger partial charge in [0.05, 0.1) is 5.92 Å². The Labute approximate surface area is 108 Å². The third-order valence-electron chi connectivity index (χ3n) is 3.30. The normalized spacial score (nSPS) is 23.2. The fourth-order valence-electron chi connectivity index (χ4n) is 2.29. The molecule has 5 nitrogen and oxygen atoms in total. The van der Waals surface area contributed by atoms with Crippen LogP contribution in [0.4, 0.5) is 4.79 Å². The van der Waals surface area contributed by atoms with Crippen molar-refractivity contribution in [1.29, 1.82) is 0 Å². The van der Waals surface area contributed by atoms with Gasteiger partial charge in [-0.25, -0.2) is 4.79 Å². The van der Waals surface area contributed by atoms with Crippen molar-refractivity contribution in [2.24, 2.45) is 11.8 Å². The average Bonchev–Trinajstić information content (AvgIpc) is 2.34. The molecule has 1 rings (SSSR count). The molecule has 3 N–H and O–H groups in total. The van der Waals surface area contributed by atoms with Gasteiger partial charge in [0.2, 0.25) is 0 Å². The van der Waals surface area contributed by atoms with E-state index in [1.165, 1.54) is 0 Å². The van der Waals surface area contributed by atoms with Gasteiger partial charge in [0.15, 0.2) is 0 Å². The van der Waals surface area contributed by atoms with Gasteiger partial charge in [-0.1, -0.05) is 25.0 Å². The lowest BCUT2D eigenvalue weighted by atomic mass is 9.79. The number of hydrogen-bond donors (Lipinski definition) is 3. The molecular weight excluding hydrogens is 232 g/mol. The summed E-state index contributed by atoms with van der Waals surface area (Å²) in [5, 5.41) is 14.5. The van der Waals surface area contributed by atoms with Crippen molar-refractivity contribution in [2.45, 2.75) is 32.6 Å². The fourth-order valence-corrected chi connectivity index (χ4v) is 2.29. The zero-order valence-corrected chi connectivity index (χ0v) is 10.9. The summed E-state index contributed by atoms with van der Waals surface area (Å²) in [5.74, 6) is -1.02. The van der Waals surface area contributed by atoms with E-state index in [1.807, 2.05) is 6.92 Å². The second kappa shape index (κ2) is 7.03. The Morgan fingerprint density at radius 2 is 1.94 bits per heavy atom. The summed E-state index contributed by atoms with van der Waals surface area (Å²) in [4.78, 5) is 22.5. The van der Waals surface area contributed by atoms with E-state index >= 15 is 0 Å². The summed E-state index contributed by atoms with van der Waals surface area (Å²) < 4.78 is 0. The molecule has 5 heteroatoms. The maximum Gasteiger partial charge on any atom is 0.315 e. The first-order chi connectivity index (χ1) is 8.50. The minimum atomic E-state index is -0.746. The van der Waals surface area contributed by atoms with E-state index in [0.29, 0.717) is 13.1 Å². The molecule has 1 aliphatic carbocycles. The smallest absolute Gasteiger partial charge is 0.315 e. The molecule has 0 bridgehead atoms. The maximum atomic E-state index is 11.5. The van der Waals surface area contributed by atoms with Gasteiger partial charge in [-0.2, -0.15) is 0 Å². The molecule has 0 aliphatic heterocycles. The Balaban J connectivity index is 2.34. The summed E-state index contributed by atoms with van der Waals surface area (Å²) in [6.07, 6.45) is 3.60. The molecule has 0 heterocycles. The van der Waals surface area contributed by atoms with Gasteiger partial charge in [-0.3, -0.25) is 4.79 Å². The number of carbonyl (C=O) groups excluding carboxylic acids is 1. The predicted octanol–water partition coefficient (Wildman–Crippen LogP) is 1.75. The van der Waals surface area contributed by atoms with Crippen LogP contribution in [0, 0.1) is 11.8 Å². The molecule has 0 aromatic carbocycles. The molecule has 1 fully saturated rings. The van der Waals surface area contributed by atoms with Gasteiger partial charge in [0, 0.05) is 13.1 Å². The van der Waals surface area contributed by atoms with Crippen molar-refractivity contribution in [1.82, 2.24) is 10.6 Å². The van der Waals surface area contributed by atoms with Crippen LogP contribution in [0.15, 0.2) is 12.2 Å². The lowest BCUT2D eigenvalue weighted by Crippen LogP contribution is -2.42. The topological polar surface area (TPSA) is 78.4 Å². The van der Waals surface area contributed by atoms with Crippen molar-refractivity contribution in [3.63, 3.8) is 0 Å². The summed E-state index contributed by atoms with van der Waals surface area (Å²) in [5.41, 5.74) is 0.881. The number of amides is 2. The molecule has 102 valence electrons. The highest BCUT2D eigenvalue weighted by atomic mass is 16.4. The Morgan fingerprint density at radius 1 is 1.28 bits per heavy atom. The van der Waals surface area contributed by atoms with Crippen LogP contribution < -0.4 is 10.6 Å². The first-order valence-corrected chi connectivity index (χ1v) is 6.39. The van der Waals surface area contributed by atoms with E-state index in [4.69, 9.17) is 5.11 Å². The molecule has 2 unspecified atom stereocenters. The summed E-state index contributed by atoms with van der Waals surface area (Å²) in [6.45, 7) is 6.40. The van der Waals surface area contributed by atoms with Gasteiger partial charge >= 0.3 is 12.0 Å². The van der Waals surface area contributed by atoms with Crippen molar-refractivity contribution >= 4 is 12.0 Å². The second-order valence-electron chi connectivity index (χ2n) is 5.01. The first kappa shape index (κ1) is 14.5. The van der Waals surface area contributed by atoms with Gasteiger partial charge < -0.3 is 15.7 Å². The van der Waals surface area contributed by atoms with Crippen LogP contribution in [0.1, 0.15) is 32.6 Å². The third kappa shape index (κ3) is 4.77. The molecule has 0 radical (unpaired) electrons. The number of urea groups is 1. The minimum Gasteiger partial charge on any atom is -0.481 e. The zero-order chi connectivity index (χ0) is 13.5. The minimum absolute atomic E-state index is 0.0480. The van der Waals surface area contributed by atoms with Gasteiger partial charge in [0.1, 0.15) is 0 Å². The molecule has 2 amide bonds. The molecule has 2 atom stereocenters.